The number of aryl methyl sites for hydroxylation is 2. The fraction of sp³-hybridized carbons (Fsp3) is 0.111. The van der Waals surface area contributed by atoms with E-state index < -0.39 is 0 Å². The summed E-state index contributed by atoms with van der Waals surface area (Å²) >= 11 is 0. The van der Waals surface area contributed by atoms with E-state index in [1.807, 2.05) is 30.3 Å². The minimum Gasteiger partial charge on any atom is -0.214 e. The average Bonchev–Trinajstić information content (AvgIpc) is 3.13. The van der Waals surface area contributed by atoms with Gasteiger partial charge in [0.05, 0.1) is 0 Å². The van der Waals surface area contributed by atoms with Gasteiger partial charge < -0.3 is 0 Å². The maximum absolute atomic E-state index is 2.18. The van der Waals surface area contributed by atoms with Gasteiger partial charge in [0, 0.05) is 0 Å². The summed E-state index contributed by atoms with van der Waals surface area (Å²) < 4.78 is 0. The summed E-state index contributed by atoms with van der Waals surface area (Å²) in [6.45, 7) is 0. The van der Waals surface area contributed by atoms with E-state index >= 15 is 0 Å². The van der Waals surface area contributed by atoms with Gasteiger partial charge in [-0.25, -0.2) is 24.3 Å². The molecule has 0 aromatic heterocycles. The maximum Gasteiger partial charge on any atom is 2.00 e. The molecule has 3 rings (SSSR count). The predicted molar refractivity (Wildman–Crippen MR) is 77.9 cm³/mol. The smallest absolute Gasteiger partial charge is 0.214 e. The Balaban J connectivity index is 0.000000256. The molecule has 0 unspecified atom stereocenters. The van der Waals surface area contributed by atoms with Crippen LogP contribution in [0.5, 0.6) is 0 Å². The van der Waals surface area contributed by atoms with Crippen molar-refractivity contribution in [3.05, 3.63) is 96.1 Å². The van der Waals surface area contributed by atoms with Crippen molar-refractivity contribution in [1.82, 2.24) is 0 Å². The second kappa shape index (κ2) is 9.38. The minimum absolute atomic E-state index is 0. The first-order valence-electron chi connectivity index (χ1n) is 6.36. The Kier molecular flexibility index (Phi) is 7.65. The molecule has 0 bridgehead atoms. The van der Waals surface area contributed by atoms with E-state index in [-0.39, 0.29) is 17.1 Å². The van der Waals surface area contributed by atoms with E-state index in [0.29, 0.717) is 0 Å². The van der Waals surface area contributed by atoms with Gasteiger partial charge >= 0.3 is 17.1 Å². The Labute approximate surface area is 126 Å². The molecular weight excluding hydrogens is 272 g/mol. The van der Waals surface area contributed by atoms with E-state index in [0.717, 1.165) is 12.8 Å². The molecule has 0 N–H and O–H groups in total. The quantitative estimate of drug-likeness (QED) is 0.489. The molecule has 1 heteroatoms. The number of hydrogen-bond donors (Lipinski definition) is 0. The van der Waals surface area contributed by atoms with Crippen LogP contribution in [0.3, 0.4) is 0 Å². The van der Waals surface area contributed by atoms with Crippen molar-refractivity contribution in [2.45, 2.75) is 12.8 Å². The molecule has 98 valence electrons. The normalized spacial score (nSPS) is 9.05. The van der Waals surface area contributed by atoms with Crippen molar-refractivity contribution in [3.8, 4) is 0 Å². The van der Waals surface area contributed by atoms with Crippen molar-refractivity contribution in [2.75, 3.05) is 0 Å². The van der Waals surface area contributed by atoms with E-state index in [1.165, 1.54) is 11.1 Å². The summed E-state index contributed by atoms with van der Waals surface area (Å²) in [5.74, 6) is 0. The Morgan fingerprint density at radius 1 is 0.684 bits per heavy atom. The molecule has 0 radical (unpaired) electrons. The molecule has 0 aliphatic rings. The van der Waals surface area contributed by atoms with Gasteiger partial charge in [0.15, 0.2) is 0 Å². The molecule has 0 nitrogen and oxygen atoms in total. The van der Waals surface area contributed by atoms with Crippen molar-refractivity contribution >= 4 is 0 Å². The predicted octanol–water partition coefficient (Wildman–Crippen LogP) is 4.59. The number of hydrogen-bond acceptors (Lipinski definition) is 0. The van der Waals surface area contributed by atoms with Crippen LogP contribution in [0.4, 0.5) is 0 Å². The number of benzene rings is 1. The Morgan fingerprint density at radius 3 is 1.95 bits per heavy atom. The summed E-state index contributed by atoms with van der Waals surface area (Å²) in [5.41, 5.74) is 2.85. The summed E-state index contributed by atoms with van der Waals surface area (Å²) in [6, 6.07) is 29.2. The van der Waals surface area contributed by atoms with Crippen LogP contribution in [0.25, 0.3) is 0 Å². The Morgan fingerprint density at radius 2 is 1.42 bits per heavy atom. The third-order valence-corrected chi connectivity index (χ3v) is 2.83. The molecule has 0 saturated carbocycles. The molecule has 0 amide bonds. The zero-order valence-electron chi connectivity index (χ0n) is 10.9. The van der Waals surface area contributed by atoms with Gasteiger partial charge in [-0.15, -0.1) is 0 Å². The summed E-state index contributed by atoms with van der Waals surface area (Å²) in [5, 5.41) is 0. The molecule has 0 aliphatic carbocycles. The topological polar surface area (TPSA) is 0 Å². The van der Waals surface area contributed by atoms with E-state index in [1.54, 1.807) is 0 Å². The van der Waals surface area contributed by atoms with Crippen molar-refractivity contribution in [1.29, 1.82) is 0 Å². The average molecular weight is 290 g/mol. The van der Waals surface area contributed by atoms with Gasteiger partial charge in [0.25, 0.3) is 0 Å². The molecule has 0 saturated heterocycles. The molecule has 19 heavy (non-hydrogen) atoms. The molecule has 3 aromatic carbocycles. The van der Waals surface area contributed by atoms with E-state index in [9.17, 15) is 0 Å². The largest absolute Gasteiger partial charge is 2.00 e. The zero-order chi connectivity index (χ0) is 12.5. The molecule has 0 aliphatic heterocycles. The molecule has 0 fully saturated rings. The van der Waals surface area contributed by atoms with Crippen LogP contribution < -0.4 is 0 Å². The van der Waals surface area contributed by atoms with Crippen LogP contribution >= 0.6 is 0 Å². The zero-order valence-corrected chi connectivity index (χ0v) is 12.0. The molecule has 0 spiro atoms. The fourth-order valence-corrected chi connectivity index (χ4v) is 1.83. The minimum atomic E-state index is 0. The molecule has 0 heterocycles. The second-order valence-electron chi connectivity index (χ2n) is 4.24. The maximum atomic E-state index is 2.18. The van der Waals surface area contributed by atoms with E-state index in [2.05, 4.69) is 54.6 Å². The van der Waals surface area contributed by atoms with Crippen molar-refractivity contribution < 1.29 is 17.1 Å². The standard InChI is InChI=1S/C13H13.C5H5.Fe/c1-2-6-12(7-3-1)10-11-13-8-4-5-9-13;1-2-4-5-3-1;/h1-9H,10-11H2;1-5H;/q2*-1;+2. The van der Waals surface area contributed by atoms with Crippen LogP contribution in [0.15, 0.2) is 84.9 Å². The molecule has 0 atom stereocenters. The van der Waals surface area contributed by atoms with Crippen LogP contribution in [0.2, 0.25) is 0 Å². The third kappa shape index (κ3) is 6.24. The van der Waals surface area contributed by atoms with Gasteiger partial charge in [-0.2, -0.15) is 35.9 Å². The first-order chi connectivity index (χ1) is 8.95. The summed E-state index contributed by atoms with van der Waals surface area (Å²) in [7, 11) is 0. The van der Waals surface area contributed by atoms with Crippen molar-refractivity contribution in [3.63, 3.8) is 0 Å². The van der Waals surface area contributed by atoms with Gasteiger partial charge in [-0.05, 0) is 18.4 Å². The summed E-state index contributed by atoms with van der Waals surface area (Å²) in [4.78, 5) is 0. The van der Waals surface area contributed by atoms with Gasteiger partial charge in [-0.3, -0.25) is 0 Å². The Hall–Kier alpha value is -1.56. The fourth-order valence-electron chi connectivity index (χ4n) is 1.83. The van der Waals surface area contributed by atoms with Crippen LogP contribution in [-0.2, 0) is 29.9 Å². The first kappa shape index (κ1) is 15.5. The second-order valence-corrected chi connectivity index (χ2v) is 4.24. The summed E-state index contributed by atoms with van der Waals surface area (Å²) in [6.07, 6.45) is 2.29. The Bertz CT molecular complexity index is 475. The third-order valence-electron chi connectivity index (χ3n) is 2.83. The number of rotatable bonds is 3. The van der Waals surface area contributed by atoms with Gasteiger partial charge in [-0.1, -0.05) is 30.3 Å². The SMILES string of the molecule is [Fe+2].c1cc[cH-]c1.c1ccc(CCc2ccc[cH-]2)cc1. The van der Waals surface area contributed by atoms with Crippen LogP contribution in [0, 0.1) is 0 Å². The van der Waals surface area contributed by atoms with Crippen molar-refractivity contribution in [2.24, 2.45) is 0 Å². The van der Waals surface area contributed by atoms with E-state index in [4.69, 9.17) is 0 Å². The van der Waals surface area contributed by atoms with Gasteiger partial charge in [0.2, 0.25) is 0 Å². The monoisotopic (exact) mass is 290 g/mol. The van der Waals surface area contributed by atoms with Crippen LogP contribution in [0.1, 0.15) is 11.1 Å². The molecular formula is C18H18Fe. The molecule has 3 aromatic rings. The van der Waals surface area contributed by atoms with Gasteiger partial charge in [0.1, 0.15) is 0 Å². The first-order valence-corrected chi connectivity index (χ1v) is 6.36. The van der Waals surface area contributed by atoms with Crippen LogP contribution in [-0.4, -0.2) is 0 Å².